The van der Waals surface area contributed by atoms with Crippen LogP contribution in [0.15, 0.2) is 64.2 Å². The van der Waals surface area contributed by atoms with Gasteiger partial charge in [0, 0.05) is 13.5 Å². The van der Waals surface area contributed by atoms with Crippen LogP contribution >= 0.6 is 24.8 Å². The third kappa shape index (κ3) is 7.73. The van der Waals surface area contributed by atoms with Crippen LogP contribution in [0.4, 0.5) is 6.01 Å². The molecule has 8 nitrogen and oxygen atoms in total. The predicted molar refractivity (Wildman–Crippen MR) is 121 cm³/mol. The minimum atomic E-state index is -0.111. The lowest BCUT2D eigenvalue weighted by molar-refractivity contribution is -0.119. The van der Waals surface area contributed by atoms with E-state index in [2.05, 4.69) is 37.7 Å². The Morgan fingerprint density at radius 1 is 1.03 bits per heavy atom. The molecule has 0 saturated carbocycles. The fourth-order valence-electron chi connectivity index (χ4n) is 2.49. The van der Waals surface area contributed by atoms with Crippen molar-refractivity contribution in [2.75, 3.05) is 6.54 Å². The van der Waals surface area contributed by atoms with Gasteiger partial charge in [-0.25, -0.2) is 4.98 Å². The first-order valence-corrected chi connectivity index (χ1v) is 8.88. The van der Waals surface area contributed by atoms with Gasteiger partial charge in [0.05, 0.1) is 17.9 Å². The van der Waals surface area contributed by atoms with Crippen molar-refractivity contribution in [2.24, 2.45) is 10.7 Å². The maximum atomic E-state index is 11.0. The summed E-state index contributed by atoms with van der Waals surface area (Å²) in [6.07, 6.45) is 2.31. The molecule has 30 heavy (non-hydrogen) atoms. The number of hydrogen-bond acceptors (Lipinski definition) is 5. The molecule has 0 unspecified atom stereocenters. The molecular weight excluding hydrogens is 427 g/mol. The second-order valence-electron chi connectivity index (χ2n) is 6.10. The zero-order valence-corrected chi connectivity index (χ0v) is 18.0. The molecule has 0 fully saturated rings. The van der Waals surface area contributed by atoms with Gasteiger partial charge in [-0.3, -0.25) is 4.79 Å². The van der Waals surface area contributed by atoms with Crippen molar-refractivity contribution in [3.8, 4) is 11.4 Å². The first-order chi connectivity index (χ1) is 13.6. The lowest BCUT2D eigenvalue weighted by atomic mass is 10.1. The summed E-state index contributed by atoms with van der Waals surface area (Å²) in [7, 11) is 0. The molecule has 0 aliphatic rings. The molecule has 0 atom stereocenters. The zero-order chi connectivity index (χ0) is 19.8. The molecule has 0 aliphatic heterocycles. The Kier molecular flexibility index (Phi) is 10.4. The number of aliphatic imine (C=N–C) groups is 1. The summed E-state index contributed by atoms with van der Waals surface area (Å²) >= 11 is 0. The van der Waals surface area contributed by atoms with E-state index in [9.17, 15) is 4.79 Å². The van der Waals surface area contributed by atoms with Crippen molar-refractivity contribution < 1.29 is 9.21 Å². The summed E-state index contributed by atoms with van der Waals surface area (Å²) in [6, 6.07) is 15.7. The number of oxazole rings is 1. The number of hydrogen-bond donors (Lipinski definition) is 3. The monoisotopic (exact) mass is 450 g/mol. The van der Waals surface area contributed by atoms with Crippen molar-refractivity contribution >= 4 is 42.7 Å². The number of benzene rings is 1. The number of aromatic nitrogens is 2. The molecule has 1 aromatic carbocycles. The van der Waals surface area contributed by atoms with Crippen LogP contribution in [0.1, 0.15) is 18.2 Å². The molecule has 2 heterocycles. The molecule has 1 amide bonds. The first kappa shape index (κ1) is 24.9. The number of nitrogens with two attached hydrogens (primary N) is 1. The summed E-state index contributed by atoms with van der Waals surface area (Å²) in [5.74, 6) is 0.122. The van der Waals surface area contributed by atoms with E-state index < -0.39 is 0 Å². The van der Waals surface area contributed by atoms with Gasteiger partial charge in [0.2, 0.25) is 5.91 Å². The third-order valence-electron chi connectivity index (χ3n) is 3.86. The van der Waals surface area contributed by atoms with Gasteiger partial charge in [-0.1, -0.05) is 36.4 Å². The summed E-state index contributed by atoms with van der Waals surface area (Å²) in [5, 5.41) is 5.75. The minimum Gasteiger partial charge on any atom is -0.430 e. The van der Waals surface area contributed by atoms with Gasteiger partial charge in [0.1, 0.15) is 12.0 Å². The van der Waals surface area contributed by atoms with Crippen molar-refractivity contribution in [1.82, 2.24) is 20.6 Å². The second kappa shape index (κ2) is 12.5. The molecule has 0 bridgehead atoms. The number of nitrogens with zero attached hydrogens (tertiary/aromatic N) is 3. The van der Waals surface area contributed by atoms with E-state index in [1.807, 2.05) is 36.4 Å². The van der Waals surface area contributed by atoms with Gasteiger partial charge in [-0.15, -0.1) is 24.8 Å². The second-order valence-corrected chi connectivity index (χ2v) is 6.10. The Morgan fingerprint density at radius 2 is 1.80 bits per heavy atom. The zero-order valence-electron chi connectivity index (χ0n) is 16.4. The molecule has 160 valence electrons. The topological polar surface area (TPSA) is 118 Å². The summed E-state index contributed by atoms with van der Waals surface area (Å²) in [6.45, 7) is 2.47. The Morgan fingerprint density at radius 3 is 2.53 bits per heavy atom. The number of carbonyl (C=O) groups is 1. The van der Waals surface area contributed by atoms with Crippen LogP contribution in [-0.2, 0) is 17.8 Å². The summed E-state index contributed by atoms with van der Waals surface area (Å²) < 4.78 is 5.36. The van der Waals surface area contributed by atoms with E-state index in [0.717, 1.165) is 12.1 Å². The van der Waals surface area contributed by atoms with Crippen LogP contribution in [0.5, 0.6) is 0 Å². The highest BCUT2D eigenvalue weighted by Gasteiger charge is 2.08. The number of nitrogens with one attached hydrogen (secondary N) is 2. The Balaban J connectivity index is 0.00000225. The smallest absolute Gasteiger partial charge is 0.325 e. The molecular formula is C20H24Cl2N6O2. The van der Waals surface area contributed by atoms with E-state index in [-0.39, 0.29) is 42.7 Å². The SMILES string of the molecule is CC(=O)NCc1cccc(-c2coc(/N=C(\N)NCCc3ccccc3)n2)n1.Cl.Cl. The number of halogens is 2. The van der Waals surface area contributed by atoms with Gasteiger partial charge in [0.15, 0.2) is 5.96 Å². The predicted octanol–water partition coefficient (Wildman–Crippen LogP) is 2.99. The fraction of sp³-hybridized carbons (Fsp3) is 0.200. The van der Waals surface area contributed by atoms with Gasteiger partial charge in [-0.05, 0) is 24.1 Å². The molecule has 0 radical (unpaired) electrons. The van der Waals surface area contributed by atoms with E-state index in [1.54, 1.807) is 0 Å². The molecule has 0 aliphatic carbocycles. The molecule has 2 aromatic heterocycles. The highest BCUT2D eigenvalue weighted by Crippen LogP contribution is 2.20. The standard InChI is InChI=1S/C20H22N6O2.2ClH/c1-14(27)23-12-16-8-5-9-17(24-16)18-13-28-20(25-18)26-19(21)22-11-10-15-6-3-2-4-7-15;;/h2-9,13H,10-12H2,1H3,(H,23,27)(H3,21,22,25,26);2*1H. The molecule has 10 heteroatoms. The van der Waals surface area contributed by atoms with Crippen molar-refractivity contribution in [3.05, 3.63) is 66.1 Å². The van der Waals surface area contributed by atoms with Gasteiger partial charge < -0.3 is 20.8 Å². The molecule has 0 saturated heterocycles. The van der Waals surface area contributed by atoms with Gasteiger partial charge >= 0.3 is 6.01 Å². The van der Waals surface area contributed by atoms with Gasteiger partial charge in [-0.2, -0.15) is 9.98 Å². The quantitative estimate of drug-likeness (QED) is 0.376. The lowest BCUT2D eigenvalue weighted by Crippen LogP contribution is -2.32. The number of rotatable bonds is 7. The molecule has 3 rings (SSSR count). The van der Waals surface area contributed by atoms with Crippen LogP contribution < -0.4 is 16.4 Å². The third-order valence-corrected chi connectivity index (χ3v) is 3.86. The molecule has 3 aromatic rings. The fourth-order valence-corrected chi connectivity index (χ4v) is 2.49. The largest absolute Gasteiger partial charge is 0.430 e. The summed E-state index contributed by atoms with van der Waals surface area (Å²) in [4.78, 5) is 23.9. The Hall–Kier alpha value is -3.10. The average Bonchev–Trinajstić information content (AvgIpc) is 3.16. The van der Waals surface area contributed by atoms with Crippen LogP contribution in [0.2, 0.25) is 0 Å². The van der Waals surface area contributed by atoms with E-state index in [4.69, 9.17) is 10.2 Å². The maximum absolute atomic E-state index is 11.0. The van der Waals surface area contributed by atoms with Crippen molar-refractivity contribution in [1.29, 1.82) is 0 Å². The van der Waals surface area contributed by atoms with E-state index in [0.29, 0.717) is 24.5 Å². The highest BCUT2D eigenvalue weighted by molar-refractivity contribution is 5.85. The Labute approximate surface area is 187 Å². The summed E-state index contributed by atoms with van der Waals surface area (Å²) in [5.41, 5.74) is 9.00. The van der Waals surface area contributed by atoms with Crippen LogP contribution in [0, 0.1) is 0 Å². The number of guanidine groups is 1. The van der Waals surface area contributed by atoms with E-state index >= 15 is 0 Å². The number of pyridine rings is 1. The Bertz CT molecular complexity index is 963. The number of carbonyl (C=O) groups excluding carboxylic acids is 1. The highest BCUT2D eigenvalue weighted by atomic mass is 35.5. The van der Waals surface area contributed by atoms with Crippen molar-refractivity contribution in [3.63, 3.8) is 0 Å². The van der Waals surface area contributed by atoms with Crippen molar-refractivity contribution in [2.45, 2.75) is 19.9 Å². The maximum Gasteiger partial charge on any atom is 0.325 e. The van der Waals surface area contributed by atoms with E-state index in [1.165, 1.54) is 18.8 Å². The average molecular weight is 451 g/mol. The van der Waals surface area contributed by atoms with Crippen LogP contribution in [-0.4, -0.2) is 28.4 Å². The van der Waals surface area contributed by atoms with Crippen LogP contribution in [0.3, 0.4) is 0 Å². The lowest BCUT2D eigenvalue weighted by Gasteiger charge is -2.04. The molecule has 4 N–H and O–H groups in total. The van der Waals surface area contributed by atoms with Crippen LogP contribution in [0.25, 0.3) is 11.4 Å². The van der Waals surface area contributed by atoms with Gasteiger partial charge in [0.25, 0.3) is 0 Å². The first-order valence-electron chi connectivity index (χ1n) is 8.88. The molecule has 0 spiro atoms. The normalized spacial score (nSPS) is 10.5. The minimum absolute atomic E-state index is 0. The number of amides is 1.